The van der Waals surface area contributed by atoms with E-state index in [1.165, 1.54) is 6.07 Å². The molecule has 0 saturated carbocycles. The van der Waals surface area contributed by atoms with Crippen LogP contribution in [0.1, 0.15) is 40.0 Å². The summed E-state index contributed by atoms with van der Waals surface area (Å²) < 4.78 is 13.9. The number of carbonyl (C=O) groups is 4. The lowest BCUT2D eigenvalue weighted by Gasteiger charge is -2.15. The first kappa shape index (κ1) is 24.5. The van der Waals surface area contributed by atoms with Crippen molar-refractivity contribution >= 4 is 40.0 Å². The lowest BCUT2D eigenvalue weighted by molar-refractivity contribution is -0.141. The normalized spacial score (nSPS) is 11.6. The molecule has 9 heteroatoms. The minimum atomic E-state index is -1.30. The Hall–Kier alpha value is -4.11. The van der Waals surface area contributed by atoms with E-state index in [4.69, 9.17) is 5.73 Å². The predicted molar refractivity (Wildman–Crippen MR) is 125 cm³/mol. The second kappa shape index (κ2) is 11.2. The maximum absolute atomic E-state index is 13.9. The molecule has 0 spiro atoms. The Kier molecular flexibility index (Phi) is 8.05. The highest BCUT2D eigenvalue weighted by molar-refractivity contribution is 6.44. The Morgan fingerprint density at radius 2 is 1.68 bits per heavy atom. The number of rotatable bonds is 10. The number of hydrogen-bond acceptors (Lipinski definition) is 5. The second-order valence-corrected chi connectivity index (χ2v) is 7.68. The summed E-state index contributed by atoms with van der Waals surface area (Å²) in [7, 11) is 0. The van der Waals surface area contributed by atoms with Crippen molar-refractivity contribution in [1.82, 2.24) is 5.32 Å². The standard InChI is InChI=1S/C25H24FN3O5/c26-18-10-11-20(28-23(31)17-9-8-15-5-1-2-6-16(15)13-17)19(14-18)22(30)24(32)29-21(25(33)34)7-3-4-12-27/h1-2,5-6,8-11,13-14,21H,3-4,7,12,27H2,(H,28,31)(H,29,32)(H,33,34). The van der Waals surface area contributed by atoms with Crippen LogP contribution < -0.4 is 16.4 Å². The predicted octanol–water partition coefficient (Wildman–Crippen LogP) is 3.11. The number of nitrogens with two attached hydrogens (primary N) is 1. The zero-order valence-electron chi connectivity index (χ0n) is 18.2. The highest BCUT2D eigenvalue weighted by atomic mass is 19.1. The minimum Gasteiger partial charge on any atom is -0.480 e. The van der Waals surface area contributed by atoms with Gasteiger partial charge in [-0.15, -0.1) is 0 Å². The summed E-state index contributed by atoms with van der Waals surface area (Å²) in [5.74, 6) is -5.04. The molecule has 0 fully saturated rings. The first-order valence-corrected chi connectivity index (χ1v) is 10.7. The summed E-state index contributed by atoms with van der Waals surface area (Å²) in [4.78, 5) is 49.5. The van der Waals surface area contributed by atoms with Crippen LogP contribution in [0.3, 0.4) is 0 Å². The van der Waals surface area contributed by atoms with Gasteiger partial charge in [0.15, 0.2) is 0 Å². The number of benzene rings is 3. The zero-order valence-corrected chi connectivity index (χ0v) is 18.2. The number of aliphatic carboxylic acids is 1. The molecule has 34 heavy (non-hydrogen) atoms. The number of Topliss-reactive ketones (excluding diaryl/α,β-unsaturated/α-hetero) is 1. The lowest BCUT2D eigenvalue weighted by atomic mass is 10.0. The first-order chi connectivity index (χ1) is 16.3. The quantitative estimate of drug-likeness (QED) is 0.206. The van der Waals surface area contributed by atoms with Crippen molar-refractivity contribution in [2.75, 3.05) is 11.9 Å². The molecule has 2 amide bonds. The van der Waals surface area contributed by atoms with Crippen LogP contribution in [0.2, 0.25) is 0 Å². The van der Waals surface area contributed by atoms with Gasteiger partial charge >= 0.3 is 5.97 Å². The van der Waals surface area contributed by atoms with Crippen molar-refractivity contribution in [2.24, 2.45) is 5.73 Å². The number of ketones is 1. The number of carbonyl (C=O) groups excluding carboxylic acids is 3. The summed E-state index contributed by atoms with van der Waals surface area (Å²) in [6.45, 7) is 0.364. The molecule has 1 unspecified atom stereocenters. The van der Waals surface area contributed by atoms with Crippen molar-refractivity contribution < 1.29 is 28.7 Å². The number of carboxylic acid groups (broad SMARTS) is 1. The van der Waals surface area contributed by atoms with Crippen molar-refractivity contribution in [3.05, 3.63) is 77.6 Å². The molecular formula is C25H24FN3O5. The van der Waals surface area contributed by atoms with Crippen molar-refractivity contribution in [2.45, 2.75) is 25.3 Å². The number of carboxylic acids is 1. The molecule has 3 aromatic carbocycles. The van der Waals surface area contributed by atoms with E-state index in [1.54, 1.807) is 18.2 Å². The molecule has 3 rings (SSSR count). The SMILES string of the molecule is NCCCCC(NC(=O)C(=O)c1cc(F)ccc1NC(=O)c1ccc2ccccc2c1)C(=O)O. The van der Waals surface area contributed by atoms with Gasteiger partial charge in [-0.2, -0.15) is 0 Å². The van der Waals surface area contributed by atoms with Gasteiger partial charge in [0.25, 0.3) is 17.6 Å². The molecule has 3 aromatic rings. The molecule has 0 saturated heterocycles. The Balaban J connectivity index is 1.80. The second-order valence-electron chi connectivity index (χ2n) is 7.68. The van der Waals surface area contributed by atoms with E-state index in [1.807, 2.05) is 24.3 Å². The van der Waals surface area contributed by atoms with Gasteiger partial charge in [-0.05, 0) is 66.9 Å². The molecular weight excluding hydrogens is 441 g/mol. The summed E-state index contributed by atoms with van der Waals surface area (Å²) in [6.07, 6.45) is 1.08. The Morgan fingerprint density at radius 1 is 0.941 bits per heavy atom. The van der Waals surface area contributed by atoms with Gasteiger partial charge in [0.05, 0.1) is 11.3 Å². The third kappa shape index (κ3) is 6.02. The highest BCUT2D eigenvalue weighted by Crippen LogP contribution is 2.21. The van der Waals surface area contributed by atoms with Crippen molar-refractivity contribution in [3.8, 4) is 0 Å². The summed E-state index contributed by atoms with van der Waals surface area (Å²) >= 11 is 0. The fourth-order valence-electron chi connectivity index (χ4n) is 3.43. The van der Waals surface area contributed by atoms with E-state index < -0.39 is 41.0 Å². The number of amides is 2. The lowest BCUT2D eigenvalue weighted by Crippen LogP contribution is -2.44. The van der Waals surface area contributed by atoms with Crippen LogP contribution in [0, 0.1) is 5.82 Å². The van der Waals surface area contributed by atoms with E-state index >= 15 is 0 Å². The molecule has 1 atom stereocenters. The number of halogens is 1. The third-order valence-corrected chi connectivity index (χ3v) is 5.24. The van der Waals surface area contributed by atoms with Crippen LogP contribution >= 0.6 is 0 Å². The maximum Gasteiger partial charge on any atom is 0.326 e. The van der Waals surface area contributed by atoms with Crippen molar-refractivity contribution in [1.29, 1.82) is 0 Å². The molecule has 0 aliphatic rings. The number of hydrogen-bond donors (Lipinski definition) is 4. The van der Waals surface area contributed by atoms with Crippen LogP contribution in [-0.4, -0.2) is 41.3 Å². The van der Waals surface area contributed by atoms with Crippen LogP contribution in [0.5, 0.6) is 0 Å². The molecule has 5 N–H and O–H groups in total. The third-order valence-electron chi connectivity index (χ3n) is 5.24. The van der Waals surface area contributed by atoms with Gasteiger partial charge in [-0.1, -0.05) is 30.3 Å². The van der Waals surface area contributed by atoms with Gasteiger partial charge in [0, 0.05) is 5.56 Å². The molecule has 0 heterocycles. The monoisotopic (exact) mass is 465 g/mol. The van der Waals surface area contributed by atoms with Crippen molar-refractivity contribution in [3.63, 3.8) is 0 Å². The average molecular weight is 465 g/mol. The fraction of sp³-hybridized carbons (Fsp3) is 0.200. The van der Waals surface area contributed by atoms with Gasteiger partial charge in [0.2, 0.25) is 0 Å². The van der Waals surface area contributed by atoms with Crippen LogP contribution in [0.25, 0.3) is 10.8 Å². The van der Waals surface area contributed by atoms with Gasteiger partial charge < -0.3 is 21.5 Å². The van der Waals surface area contributed by atoms with Crippen LogP contribution in [0.15, 0.2) is 60.7 Å². The van der Waals surface area contributed by atoms with E-state index in [2.05, 4.69) is 10.6 Å². The number of fused-ring (bicyclic) bond motifs is 1. The van der Waals surface area contributed by atoms with Gasteiger partial charge in [-0.25, -0.2) is 9.18 Å². The van der Waals surface area contributed by atoms with E-state index in [-0.39, 0.29) is 12.1 Å². The van der Waals surface area contributed by atoms with E-state index in [0.29, 0.717) is 24.9 Å². The molecule has 0 radical (unpaired) electrons. The van der Waals surface area contributed by atoms with E-state index in [0.717, 1.165) is 22.9 Å². The smallest absolute Gasteiger partial charge is 0.326 e. The fourth-order valence-corrected chi connectivity index (χ4v) is 3.43. The summed E-state index contributed by atoms with van der Waals surface area (Å²) in [5, 5.41) is 15.8. The highest BCUT2D eigenvalue weighted by Gasteiger charge is 2.26. The topological polar surface area (TPSA) is 139 Å². The average Bonchev–Trinajstić information content (AvgIpc) is 2.83. The van der Waals surface area contributed by atoms with Gasteiger partial charge in [0.1, 0.15) is 11.9 Å². The Labute approximate surface area is 195 Å². The molecule has 0 aliphatic carbocycles. The zero-order chi connectivity index (χ0) is 24.7. The molecule has 8 nitrogen and oxygen atoms in total. The number of anilines is 1. The largest absolute Gasteiger partial charge is 0.480 e. The molecule has 0 bridgehead atoms. The summed E-state index contributed by atoms with van der Waals surface area (Å²) in [6, 6.07) is 14.2. The number of unbranched alkanes of at least 4 members (excludes halogenated alkanes) is 1. The summed E-state index contributed by atoms with van der Waals surface area (Å²) in [5.41, 5.74) is 5.23. The first-order valence-electron chi connectivity index (χ1n) is 10.7. The molecule has 0 aromatic heterocycles. The van der Waals surface area contributed by atoms with Crippen LogP contribution in [-0.2, 0) is 9.59 Å². The maximum atomic E-state index is 13.9. The number of nitrogens with one attached hydrogen (secondary N) is 2. The Morgan fingerprint density at radius 3 is 2.38 bits per heavy atom. The van der Waals surface area contributed by atoms with Gasteiger partial charge in [-0.3, -0.25) is 14.4 Å². The molecule has 0 aliphatic heterocycles. The van der Waals surface area contributed by atoms with E-state index in [9.17, 15) is 28.7 Å². The minimum absolute atomic E-state index is 0.0743. The van der Waals surface area contributed by atoms with Crippen LogP contribution in [0.4, 0.5) is 10.1 Å². The molecule has 176 valence electrons. The Bertz CT molecular complexity index is 1240.